The number of carbonyl (C=O) groups is 1. The van der Waals surface area contributed by atoms with Gasteiger partial charge in [-0.15, -0.1) is 0 Å². The van der Waals surface area contributed by atoms with Gasteiger partial charge in [-0.05, 0) is 17.4 Å². The van der Waals surface area contributed by atoms with Gasteiger partial charge >= 0.3 is 5.97 Å². The summed E-state index contributed by atoms with van der Waals surface area (Å²) in [5.74, 6) is -0.568. The van der Waals surface area contributed by atoms with E-state index >= 15 is 0 Å². The second-order valence-electron chi connectivity index (χ2n) is 5.27. The first-order chi connectivity index (χ1) is 7.21. The van der Waals surface area contributed by atoms with E-state index in [9.17, 15) is 4.79 Å². The minimum Gasteiger partial charge on any atom is -0.477 e. The van der Waals surface area contributed by atoms with E-state index < -0.39 is 5.97 Å². The lowest BCUT2D eigenvalue weighted by atomic mass is 9.82. The molecule has 90 valence electrons. The number of nitrogens with zero attached hydrogens (tertiary/aromatic N) is 1. The fourth-order valence-corrected chi connectivity index (χ4v) is 1.59. The lowest BCUT2D eigenvalue weighted by Gasteiger charge is -2.28. The molecule has 16 heavy (non-hydrogen) atoms. The van der Waals surface area contributed by atoms with Crippen molar-refractivity contribution >= 4 is 17.6 Å². The Bertz CT molecular complexity index is 390. The van der Waals surface area contributed by atoms with Crippen LogP contribution in [0.15, 0.2) is 12.3 Å². The van der Waals surface area contributed by atoms with Gasteiger partial charge in [-0.25, -0.2) is 4.79 Å². The molecule has 1 unspecified atom stereocenters. The standard InChI is InChI=1S/C12H18ClNO2/c1-8(12(2,3)4)6-14-7-9(13)5-10(14)11(15)16/h5,7-8H,6H2,1-4H3,(H,15,16). The van der Waals surface area contributed by atoms with E-state index in [0.717, 1.165) is 0 Å². The molecule has 0 fully saturated rings. The van der Waals surface area contributed by atoms with Gasteiger partial charge in [0.25, 0.3) is 0 Å². The number of carboxylic acid groups (broad SMARTS) is 1. The minimum atomic E-state index is -0.937. The molecule has 0 saturated carbocycles. The maximum Gasteiger partial charge on any atom is 0.352 e. The molecule has 0 radical (unpaired) electrons. The Kier molecular flexibility index (Phi) is 3.68. The Hall–Kier alpha value is -0.960. The molecule has 1 atom stereocenters. The smallest absolute Gasteiger partial charge is 0.352 e. The quantitative estimate of drug-likeness (QED) is 0.883. The molecule has 1 heterocycles. The molecule has 0 aliphatic heterocycles. The van der Waals surface area contributed by atoms with Crippen LogP contribution in [0, 0.1) is 11.3 Å². The summed E-state index contributed by atoms with van der Waals surface area (Å²) in [6.45, 7) is 9.20. The van der Waals surface area contributed by atoms with Gasteiger partial charge in [-0.3, -0.25) is 0 Å². The topological polar surface area (TPSA) is 42.2 Å². The largest absolute Gasteiger partial charge is 0.477 e. The molecule has 0 amide bonds. The van der Waals surface area contributed by atoms with Gasteiger partial charge in [0.05, 0.1) is 5.02 Å². The molecule has 3 nitrogen and oxygen atoms in total. The van der Waals surface area contributed by atoms with Crippen LogP contribution in [-0.4, -0.2) is 15.6 Å². The van der Waals surface area contributed by atoms with Crippen LogP contribution in [0.25, 0.3) is 0 Å². The second-order valence-corrected chi connectivity index (χ2v) is 5.70. The normalized spacial score (nSPS) is 13.8. The number of rotatable bonds is 3. The van der Waals surface area contributed by atoms with Crippen molar-refractivity contribution in [3.05, 3.63) is 23.0 Å². The highest BCUT2D eigenvalue weighted by Gasteiger charge is 2.22. The molecule has 0 aliphatic rings. The van der Waals surface area contributed by atoms with Crippen molar-refractivity contribution in [1.82, 2.24) is 4.57 Å². The zero-order valence-corrected chi connectivity index (χ0v) is 10.9. The predicted octanol–water partition coefficient (Wildman–Crippen LogP) is 3.52. The molecule has 4 heteroatoms. The summed E-state index contributed by atoms with van der Waals surface area (Å²) >= 11 is 5.82. The van der Waals surface area contributed by atoms with Crippen LogP contribution in [0.5, 0.6) is 0 Å². The molecule has 0 aromatic carbocycles. The molecular weight excluding hydrogens is 226 g/mol. The highest BCUT2D eigenvalue weighted by atomic mass is 35.5. The van der Waals surface area contributed by atoms with E-state index in [2.05, 4.69) is 27.7 Å². The van der Waals surface area contributed by atoms with Gasteiger partial charge in [-0.1, -0.05) is 39.3 Å². The van der Waals surface area contributed by atoms with Crippen molar-refractivity contribution in [1.29, 1.82) is 0 Å². The van der Waals surface area contributed by atoms with E-state index in [1.807, 2.05) is 0 Å². The van der Waals surface area contributed by atoms with E-state index in [1.165, 1.54) is 6.07 Å². The summed E-state index contributed by atoms with van der Waals surface area (Å²) < 4.78 is 1.71. The molecular formula is C12H18ClNO2. The zero-order valence-electron chi connectivity index (χ0n) is 10.1. The molecule has 0 bridgehead atoms. The third-order valence-corrected chi connectivity index (χ3v) is 3.24. The minimum absolute atomic E-state index is 0.145. The maximum atomic E-state index is 11.0. The van der Waals surface area contributed by atoms with Crippen LogP contribution >= 0.6 is 11.6 Å². The van der Waals surface area contributed by atoms with Gasteiger partial charge in [0, 0.05) is 12.7 Å². The van der Waals surface area contributed by atoms with Crippen LogP contribution in [0.4, 0.5) is 0 Å². The fraction of sp³-hybridized carbons (Fsp3) is 0.583. The summed E-state index contributed by atoms with van der Waals surface area (Å²) in [5, 5.41) is 9.49. The third kappa shape index (κ3) is 3.01. The average molecular weight is 244 g/mol. The number of hydrogen-bond acceptors (Lipinski definition) is 1. The van der Waals surface area contributed by atoms with Crippen molar-refractivity contribution in [3.8, 4) is 0 Å². The van der Waals surface area contributed by atoms with Crippen molar-refractivity contribution in [2.75, 3.05) is 0 Å². The zero-order chi connectivity index (χ0) is 12.5. The number of carboxylic acids is 1. The first-order valence-electron chi connectivity index (χ1n) is 5.31. The van der Waals surface area contributed by atoms with Gasteiger partial charge < -0.3 is 9.67 Å². The van der Waals surface area contributed by atoms with E-state index in [4.69, 9.17) is 16.7 Å². The lowest BCUT2D eigenvalue weighted by Crippen LogP contribution is -2.23. The Morgan fingerprint density at radius 2 is 2.12 bits per heavy atom. The van der Waals surface area contributed by atoms with Gasteiger partial charge in [0.2, 0.25) is 0 Å². The maximum absolute atomic E-state index is 11.0. The summed E-state index contributed by atoms with van der Waals surface area (Å²) in [5.41, 5.74) is 0.396. The molecule has 0 spiro atoms. The predicted molar refractivity (Wildman–Crippen MR) is 65.0 cm³/mol. The number of hydrogen-bond donors (Lipinski definition) is 1. The highest BCUT2D eigenvalue weighted by Crippen LogP contribution is 2.28. The van der Waals surface area contributed by atoms with E-state index in [-0.39, 0.29) is 11.1 Å². The first-order valence-corrected chi connectivity index (χ1v) is 5.68. The molecule has 1 aromatic heterocycles. The number of aromatic nitrogens is 1. The summed E-state index contributed by atoms with van der Waals surface area (Å²) in [6, 6.07) is 1.49. The average Bonchev–Trinajstić information content (AvgIpc) is 2.45. The van der Waals surface area contributed by atoms with Crippen LogP contribution < -0.4 is 0 Å². The van der Waals surface area contributed by atoms with E-state index in [1.54, 1.807) is 10.8 Å². The van der Waals surface area contributed by atoms with Crippen LogP contribution in [-0.2, 0) is 6.54 Å². The van der Waals surface area contributed by atoms with Crippen LogP contribution in [0.1, 0.15) is 38.2 Å². The first kappa shape index (κ1) is 13.1. The molecule has 1 N–H and O–H groups in total. The highest BCUT2D eigenvalue weighted by molar-refractivity contribution is 6.30. The fourth-order valence-electron chi connectivity index (χ4n) is 1.37. The Morgan fingerprint density at radius 1 is 1.56 bits per heavy atom. The number of aromatic carboxylic acids is 1. The molecule has 0 saturated heterocycles. The molecule has 1 aromatic rings. The second kappa shape index (κ2) is 4.50. The van der Waals surface area contributed by atoms with Gasteiger partial charge in [-0.2, -0.15) is 0 Å². The van der Waals surface area contributed by atoms with E-state index in [0.29, 0.717) is 17.5 Å². The number of halogens is 1. The lowest BCUT2D eigenvalue weighted by molar-refractivity contribution is 0.0681. The van der Waals surface area contributed by atoms with Crippen molar-refractivity contribution in [3.63, 3.8) is 0 Å². The SMILES string of the molecule is CC(Cn1cc(Cl)cc1C(=O)O)C(C)(C)C. The van der Waals surface area contributed by atoms with Crippen molar-refractivity contribution < 1.29 is 9.90 Å². The summed E-state index contributed by atoms with van der Waals surface area (Å²) in [6.07, 6.45) is 1.67. The van der Waals surface area contributed by atoms with Crippen LogP contribution in [0.2, 0.25) is 5.02 Å². The molecule has 1 rings (SSSR count). The van der Waals surface area contributed by atoms with Gasteiger partial charge in [0.15, 0.2) is 0 Å². The summed E-state index contributed by atoms with van der Waals surface area (Å²) in [4.78, 5) is 11.0. The van der Waals surface area contributed by atoms with Crippen LogP contribution in [0.3, 0.4) is 0 Å². The summed E-state index contributed by atoms with van der Waals surface area (Å²) in [7, 11) is 0. The molecule has 0 aliphatic carbocycles. The van der Waals surface area contributed by atoms with Crippen molar-refractivity contribution in [2.45, 2.75) is 34.2 Å². The Labute approximate surface area is 101 Å². The van der Waals surface area contributed by atoms with Crippen molar-refractivity contribution in [2.24, 2.45) is 11.3 Å². The monoisotopic (exact) mass is 243 g/mol. The Morgan fingerprint density at radius 3 is 2.56 bits per heavy atom. The third-order valence-electron chi connectivity index (χ3n) is 3.03. The Balaban J connectivity index is 2.93. The van der Waals surface area contributed by atoms with Gasteiger partial charge in [0.1, 0.15) is 5.69 Å².